The smallest absolute Gasteiger partial charge is 0.230 e. The third-order valence-corrected chi connectivity index (χ3v) is 4.19. The van der Waals surface area contributed by atoms with Crippen LogP contribution in [0.4, 0.5) is 10.2 Å². The summed E-state index contributed by atoms with van der Waals surface area (Å²) >= 11 is 0. The third kappa shape index (κ3) is 3.76. The molecule has 3 aromatic rings. The number of aryl methyl sites for hydroxylation is 2. The molecular formula is C18H20FN5O. The molecule has 25 heavy (non-hydrogen) atoms. The number of aromatic nitrogens is 4. The maximum atomic E-state index is 13.7. The molecule has 0 bridgehead atoms. The molecule has 1 aromatic carbocycles. The van der Waals surface area contributed by atoms with Crippen LogP contribution in [0.2, 0.25) is 0 Å². The topological polar surface area (TPSA) is 64.7 Å². The van der Waals surface area contributed by atoms with Crippen molar-refractivity contribution in [2.75, 3.05) is 5.32 Å². The molecule has 1 N–H and O–H groups in total. The van der Waals surface area contributed by atoms with Gasteiger partial charge in [0.15, 0.2) is 5.82 Å². The number of halogens is 1. The summed E-state index contributed by atoms with van der Waals surface area (Å²) < 4.78 is 17.1. The summed E-state index contributed by atoms with van der Waals surface area (Å²) in [5.41, 5.74) is 3.29. The molecule has 0 fully saturated rings. The zero-order valence-corrected chi connectivity index (χ0v) is 14.5. The Bertz CT molecular complexity index is 912. The number of nitrogens with zero attached hydrogens (tertiary/aromatic N) is 4. The number of carbonyl (C=O) groups excluding carboxylic acids is 1. The lowest BCUT2D eigenvalue weighted by Crippen LogP contribution is -2.16. The molecule has 0 aliphatic rings. The monoisotopic (exact) mass is 341 g/mol. The van der Waals surface area contributed by atoms with E-state index in [4.69, 9.17) is 0 Å². The van der Waals surface area contributed by atoms with Gasteiger partial charge < -0.3 is 5.32 Å². The van der Waals surface area contributed by atoms with Gasteiger partial charge in [0.2, 0.25) is 5.91 Å². The Morgan fingerprint density at radius 3 is 2.64 bits per heavy atom. The molecule has 0 unspecified atom stereocenters. The molecule has 1 amide bonds. The van der Waals surface area contributed by atoms with Gasteiger partial charge >= 0.3 is 0 Å². The van der Waals surface area contributed by atoms with E-state index < -0.39 is 0 Å². The fourth-order valence-corrected chi connectivity index (χ4v) is 2.74. The van der Waals surface area contributed by atoms with E-state index in [-0.39, 0.29) is 18.1 Å². The Hall–Kier alpha value is -2.96. The zero-order valence-electron chi connectivity index (χ0n) is 14.5. The van der Waals surface area contributed by atoms with Crippen molar-refractivity contribution in [1.82, 2.24) is 19.6 Å². The van der Waals surface area contributed by atoms with Gasteiger partial charge in [0.05, 0.1) is 18.7 Å². The van der Waals surface area contributed by atoms with Crippen LogP contribution in [0.3, 0.4) is 0 Å². The Kier molecular flexibility index (Phi) is 4.65. The van der Waals surface area contributed by atoms with Crippen LogP contribution in [0, 0.1) is 19.7 Å². The van der Waals surface area contributed by atoms with Crippen molar-refractivity contribution in [3.8, 4) is 0 Å². The fraction of sp³-hybridized carbons (Fsp3) is 0.278. The number of hydrogen-bond acceptors (Lipinski definition) is 3. The second-order valence-electron chi connectivity index (χ2n) is 5.99. The van der Waals surface area contributed by atoms with Gasteiger partial charge in [-0.25, -0.2) is 4.39 Å². The molecule has 0 spiro atoms. The average Bonchev–Trinajstić information content (AvgIpc) is 3.09. The minimum absolute atomic E-state index is 0.157. The van der Waals surface area contributed by atoms with Gasteiger partial charge in [-0.3, -0.25) is 14.2 Å². The van der Waals surface area contributed by atoms with Gasteiger partial charge in [-0.2, -0.15) is 10.2 Å². The van der Waals surface area contributed by atoms with E-state index in [1.807, 2.05) is 20.9 Å². The van der Waals surface area contributed by atoms with E-state index in [1.165, 1.54) is 6.07 Å². The zero-order chi connectivity index (χ0) is 18.0. The third-order valence-electron chi connectivity index (χ3n) is 4.19. The number of hydrogen-bond donors (Lipinski definition) is 1. The fourth-order valence-electron chi connectivity index (χ4n) is 2.74. The molecule has 0 saturated heterocycles. The summed E-state index contributed by atoms with van der Waals surface area (Å²) in [4.78, 5) is 12.3. The minimum Gasteiger partial charge on any atom is -0.309 e. The molecule has 0 saturated carbocycles. The summed E-state index contributed by atoms with van der Waals surface area (Å²) in [6.07, 6.45) is 1.95. The Morgan fingerprint density at radius 2 is 1.96 bits per heavy atom. The summed E-state index contributed by atoms with van der Waals surface area (Å²) in [5, 5.41) is 11.4. The second kappa shape index (κ2) is 6.88. The molecule has 3 rings (SSSR count). The van der Waals surface area contributed by atoms with Crippen LogP contribution in [0.1, 0.15) is 22.5 Å². The quantitative estimate of drug-likeness (QED) is 0.776. The number of anilines is 1. The lowest BCUT2D eigenvalue weighted by molar-refractivity contribution is -0.115. The Morgan fingerprint density at radius 1 is 1.20 bits per heavy atom. The normalized spacial score (nSPS) is 10.9. The van der Waals surface area contributed by atoms with Crippen LogP contribution in [0.5, 0.6) is 0 Å². The molecule has 130 valence electrons. The van der Waals surface area contributed by atoms with Crippen LogP contribution < -0.4 is 5.32 Å². The number of nitrogens with one attached hydrogen (secondary N) is 1. The summed E-state index contributed by atoms with van der Waals surface area (Å²) in [7, 11) is 1.86. The molecule has 0 radical (unpaired) electrons. The highest BCUT2D eigenvalue weighted by molar-refractivity contribution is 5.91. The van der Waals surface area contributed by atoms with E-state index in [0.29, 0.717) is 17.9 Å². The minimum atomic E-state index is -0.272. The predicted molar refractivity (Wildman–Crippen MR) is 92.7 cm³/mol. The van der Waals surface area contributed by atoms with Crippen LogP contribution in [-0.2, 0) is 24.8 Å². The molecule has 2 aromatic heterocycles. The molecule has 7 heteroatoms. The highest BCUT2D eigenvalue weighted by Gasteiger charge is 2.14. The number of amides is 1. The maximum Gasteiger partial charge on any atom is 0.230 e. The van der Waals surface area contributed by atoms with Gasteiger partial charge in [-0.1, -0.05) is 18.2 Å². The van der Waals surface area contributed by atoms with Crippen LogP contribution in [0.25, 0.3) is 0 Å². The van der Waals surface area contributed by atoms with Crippen molar-refractivity contribution in [2.45, 2.75) is 26.8 Å². The predicted octanol–water partition coefficient (Wildman–Crippen LogP) is 2.60. The lowest BCUT2D eigenvalue weighted by Gasteiger charge is -2.04. The van der Waals surface area contributed by atoms with E-state index >= 15 is 0 Å². The highest BCUT2D eigenvalue weighted by Crippen LogP contribution is 2.14. The van der Waals surface area contributed by atoms with Crippen molar-refractivity contribution in [3.05, 3.63) is 64.9 Å². The van der Waals surface area contributed by atoms with Crippen LogP contribution >= 0.6 is 0 Å². The largest absolute Gasteiger partial charge is 0.309 e. The second-order valence-corrected chi connectivity index (χ2v) is 5.99. The first-order valence-corrected chi connectivity index (χ1v) is 8.00. The SMILES string of the molecule is Cc1nn(C)c(C)c1CC(=O)Nc1ccn(Cc2ccccc2F)n1. The van der Waals surface area contributed by atoms with Gasteiger partial charge in [-0.15, -0.1) is 0 Å². The first-order chi connectivity index (χ1) is 11.9. The van der Waals surface area contributed by atoms with Crippen molar-refractivity contribution >= 4 is 11.7 Å². The van der Waals surface area contributed by atoms with Crippen LogP contribution in [0.15, 0.2) is 36.5 Å². The highest BCUT2D eigenvalue weighted by atomic mass is 19.1. The first kappa shape index (κ1) is 16.9. The summed E-state index contributed by atoms with van der Waals surface area (Å²) in [5.74, 6) is 0.0157. The molecule has 2 heterocycles. The summed E-state index contributed by atoms with van der Waals surface area (Å²) in [6, 6.07) is 8.25. The molecule has 0 aliphatic heterocycles. The standard InChI is InChI=1S/C18H20FN5O/c1-12-15(13(2)23(3)21-12)10-18(25)20-17-8-9-24(22-17)11-14-6-4-5-7-16(14)19/h4-9H,10-11H2,1-3H3,(H,20,22,25). The van der Waals surface area contributed by atoms with Crippen molar-refractivity contribution in [2.24, 2.45) is 7.05 Å². The molecule has 0 aliphatic carbocycles. The van der Waals surface area contributed by atoms with Crippen molar-refractivity contribution in [3.63, 3.8) is 0 Å². The van der Waals surface area contributed by atoms with Gasteiger partial charge in [0, 0.05) is 36.1 Å². The Balaban J connectivity index is 1.65. The van der Waals surface area contributed by atoms with Crippen molar-refractivity contribution in [1.29, 1.82) is 0 Å². The molecule has 0 atom stereocenters. The molecule has 6 nitrogen and oxygen atoms in total. The van der Waals surface area contributed by atoms with E-state index in [9.17, 15) is 9.18 Å². The maximum absolute atomic E-state index is 13.7. The van der Waals surface area contributed by atoms with E-state index in [0.717, 1.165) is 17.0 Å². The van der Waals surface area contributed by atoms with E-state index in [2.05, 4.69) is 15.5 Å². The van der Waals surface area contributed by atoms with Gasteiger partial charge in [0.25, 0.3) is 0 Å². The molecular weight excluding hydrogens is 321 g/mol. The number of benzene rings is 1. The van der Waals surface area contributed by atoms with E-state index in [1.54, 1.807) is 39.8 Å². The van der Waals surface area contributed by atoms with Gasteiger partial charge in [0.1, 0.15) is 5.82 Å². The number of carbonyl (C=O) groups is 1. The first-order valence-electron chi connectivity index (χ1n) is 8.00. The van der Waals surface area contributed by atoms with Gasteiger partial charge in [-0.05, 0) is 19.9 Å². The number of rotatable bonds is 5. The lowest BCUT2D eigenvalue weighted by atomic mass is 10.1. The van der Waals surface area contributed by atoms with Crippen LogP contribution in [-0.4, -0.2) is 25.5 Å². The Labute approximate surface area is 145 Å². The summed E-state index contributed by atoms with van der Waals surface area (Å²) in [6.45, 7) is 4.13. The van der Waals surface area contributed by atoms with Crippen molar-refractivity contribution < 1.29 is 9.18 Å². The average molecular weight is 341 g/mol.